The van der Waals surface area contributed by atoms with Gasteiger partial charge in [-0.1, -0.05) is 65.2 Å². The van der Waals surface area contributed by atoms with E-state index in [9.17, 15) is 0 Å². The molecule has 0 heterocycles. The van der Waals surface area contributed by atoms with Gasteiger partial charge in [0.25, 0.3) is 0 Å². The van der Waals surface area contributed by atoms with E-state index in [0.717, 1.165) is 0 Å². The molecular weight excluding hydrogens is 182 g/mol. The van der Waals surface area contributed by atoms with Gasteiger partial charge in [-0.3, -0.25) is 0 Å². The second-order valence-corrected chi connectivity index (χ2v) is 5.28. The van der Waals surface area contributed by atoms with E-state index >= 15 is 0 Å². The number of unbranched alkanes of at least 4 members (excludes halogenated alkanes) is 6. The van der Waals surface area contributed by atoms with Crippen LogP contribution in [0, 0.1) is 0 Å². The van der Waals surface area contributed by atoms with Crippen LogP contribution in [0.3, 0.4) is 0 Å². The molecule has 1 unspecified atom stereocenters. The van der Waals surface area contributed by atoms with E-state index < -0.39 is 0 Å². The summed E-state index contributed by atoms with van der Waals surface area (Å²) in [6, 6.07) is 0. The minimum Gasteiger partial charge on any atom is -0.325 e. The first-order chi connectivity index (χ1) is 7.12. The number of hydrogen-bond acceptors (Lipinski definition) is 1. The van der Waals surface area contributed by atoms with E-state index in [0.29, 0.717) is 0 Å². The topological polar surface area (TPSA) is 26.0 Å². The van der Waals surface area contributed by atoms with Crippen LogP contribution in [-0.2, 0) is 0 Å². The molecule has 0 aliphatic heterocycles. The Morgan fingerprint density at radius 1 is 0.733 bits per heavy atom. The quantitative estimate of drug-likeness (QED) is 0.525. The van der Waals surface area contributed by atoms with Gasteiger partial charge in [0.2, 0.25) is 0 Å². The van der Waals surface area contributed by atoms with Gasteiger partial charge in [-0.15, -0.1) is 0 Å². The maximum Gasteiger partial charge on any atom is 0.0125 e. The van der Waals surface area contributed by atoms with Crippen molar-refractivity contribution in [3.8, 4) is 0 Å². The summed E-state index contributed by atoms with van der Waals surface area (Å²) in [5.41, 5.74) is 6.37. The van der Waals surface area contributed by atoms with Crippen molar-refractivity contribution in [2.45, 2.75) is 90.5 Å². The van der Waals surface area contributed by atoms with E-state index in [1.165, 1.54) is 64.2 Å². The molecule has 0 aromatic carbocycles. The molecule has 2 N–H and O–H groups in total. The minimum atomic E-state index is 0.0986. The molecule has 1 nitrogen and oxygen atoms in total. The van der Waals surface area contributed by atoms with E-state index in [1.54, 1.807) is 0 Å². The Labute approximate surface area is 96.8 Å². The van der Waals surface area contributed by atoms with Crippen molar-refractivity contribution < 1.29 is 0 Å². The minimum absolute atomic E-state index is 0.0986. The third kappa shape index (κ3) is 10.2. The van der Waals surface area contributed by atoms with Crippen LogP contribution in [0.4, 0.5) is 0 Å². The summed E-state index contributed by atoms with van der Waals surface area (Å²) in [4.78, 5) is 0. The van der Waals surface area contributed by atoms with Crippen LogP contribution >= 0.6 is 0 Å². The molecule has 0 aromatic rings. The van der Waals surface area contributed by atoms with Gasteiger partial charge in [0.15, 0.2) is 0 Å². The molecule has 0 saturated carbocycles. The van der Waals surface area contributed by atoms with Gasteiger partial charge in [-0.2, -0.15) is 0 Å². The monoisotopic (exact) mass is 213 g/mol. The molecule has 0 saturated heterocycles. The molecule has 0 amide bonds. The smallest absolute Gasteiger partial charge is 0.0125 e. The highest BCUT2D eigenvalue weighted by molar-refractivity contribution is 4.77. The second-order valence-electron chi connectivity index (χ2n) is 5.28. The summed E-state index contributed by atoms with van der Waals surface area (Å²) < 4.78 is 0. The molecule has 1 heteroatoms. The molecule has 0 aliphatic carbocycles. The first-order valence-electron chi connectivity index (χ1n) is 6.91. The lowest BCUT2D eigenvalue weighted by molar-refractivity contribution is 0.366. The average Bonchev–Trinajstić information content (AvgIpc) is 2.17. The van der Waals surface area contributed by atoms with E-state index in [-0.39, 0.29) is 5.54 Å². The van der Waals surface area contributed by atoms with Gasteiger partial charge in [0.1, 0.15) is 0 Å². The average molecular weight is 213 g/mol. The zero-order chi connectivity index (χ0) is 11.6. The molecule has 0 spiro atoms. The van der Waals surface area contributed by atoms with E-state index in [1.807, 2.05) is 0 Å². The molecule has 0 fully saturated rings. The highest BCUT2D eigenvalue weighted by Gasteiger charge is 2.16. The van der Waals surface area contributed by atoms with Crippen molar-refractivity contribution in [2.75, 3.05) is 0 Å². The van der Waals surface area contributed by atoms with Gasteiger partial charge < -0.3 is 5.73 Å². The third-order valence-corrected chi connectivity index (χ3v) is 3.20. The fourth-order valence-electron chi connectivity index (χ4n) is 2.04. The largest absolute Gasteiger partial charge is 0.325 e. The predicted octanol–water partition coefficient (Wildman–Crippen LogP) is 4.64. The highest BCUT2D eigenvalue weighted by atomic mass is 14.7. The van der Waals surface area contributed by atoms with Gasteiger partial charge in [-0.05, 0) is 19.8 Å². The number of hydrogen-bond donors (Lipinski definition) is 1. The molecule has 0 aliphatic rings. The number of rotatable bonds is 10. The van der Waals surface area contributed by atoms with Gasteiger partial charge >= 0.3 is 0 Å². The van der Waals surface area contributed by atoms with Crippen LogP contribution in [-0.4, -0.2) is 5.54 Å². The lowest BCUT2D eigenvalue weighted by Crippen LogP contribution is -2.35. The molecule has 92 valence electrons. The van der Waals surface area contributed by atoms with Crippen LogP contribution in [0.2, 0.25) is 0 Å². The van der Waals surface area contributed by atoms with Crippen LogP contribution in [0.5, 0.6) is 0 Å². The van der Waals surface area contributed by atoms with E-state index in [4.69, 9.17) is 5.73 Å². The molecule has 15 heavy (non-hydrogen) atoms. The fraction of sp³-hybridized carbons (Fsp3) is 1.00. The Balaban J connectivity index is 3.38. The van der Waals surface area contributed by atoms with Gasteiger partial charge in [-0.25, -0.2) is 0 Å². The Bertz CT molecular complexity index is 129. The zero-order valence-corrected chi connectivity index (χ0v) is 11.1. The summed E-state index contributed by atoms with van der Waals surface area (Å²) in [5.74, 6) is 0. The lowest BCUT2D eigenvalue weighted by atomic mass is 9.89. The molecule has 0 rings (SSSR count). The van der Waals surface area contributed by atoms with Crippen molar-refractivity contribution in [3.05, 3.63) is 0 Å². The maximum absolute atomic E-state index is 6.27. The third-order valence-electron chi connectivity index (χ3n) is 3.20. The molecule has 0 aromatic heterocycles. The summed E-state index contributed by atoms with van der Waals surface area (Å²) in [6.07, 6.45) is 13.1. The predicted molar refractivity (Wildman–Crippen MR) is 70.1 cm³/mol. The zero-order valence-electron chi connectivity index (χ0n) is 11.1. The van der Waals surface area contributed by atoms with Crippen molar-refractivity contribution in [2.24, 2.45) is 5.73 Å². The van der Waals surface area contributed by atoms with Crippen molar-refractivity contribution in [1.29, 1.82) is 0 Å². The van der Waals surface area contributed by atoms with Crippen LogP contribution < -0.4 is 5.73 Å². The van der Waals surface area contributed by atoms with Crippen molar-refractivity contribution >= 4 is 0 Å². The van der Waals surface area contributed by atoms with Crippen LogP contribution in [0.1, 0.15) is 85.0 Å². The maximum atomic E-state index is 6.27. The van der Waals surface area contributed by atoms with Crippen molar-refractivity contribution in [3.63, 3.8) is 0 Å². The standard InChI is InChI=1S/C14H31N/c1-4-6-8-9-11-13-14(3,15)12-10-7-5-2/h4-13,15H2,1-3H3. The molecule has 1 atom stereocenters. The summed E-state index contributed by atoms with van der Waals surface area (Å²) in [5, 5.41) is 0. The Hall–Kier alpha value is -0.0400. The van der Waals surface area contributed by atoms with Gasteiger partial charge in [0.05, 0.1) is 0 Å². The summed E-state index contributed by atoms with van der Waals surface area (Å²) in [7, 11) is 0. The molecule has 0 bridgehead atoms. The van der Waals surface area contributed by atoms with E-state index in [2.05, 4.69) is 20.8 Å². The number of nitrogens with two attached hydrogens (primary N) is 1. The summed E-state index contributed by atoms with van der Waals surface area (Å²) >= 11 is 0. The first-order valence-corrected chi connectivity index (χ1v) is 6.91. The Morgan fingerprint density at radius 2 is 1.13 bits per heavy atom. The highest BCUT2D eigenvalue weighted by Crippen LogP contribution is 2.19. The first kappa shape index (κ1) is 15.0. The van der Waals surface area contributed by atoms with Crippen molar-refractivity contribution in [1.82, 2.24) is 0 Å². The van der Waals surface area contributed by atoms with Crippen LogP contribution in [0.15, 0.2) is 0 Å². The molecular formula is C14H31N. The molecule has 0 radical (unpaired) electrons. The van der Waals surface area contributed by atoms with Crippen LogP contribution in [0.25, 0.3) is 0 Å². The Kier molecular flexibility index (Phi) is 9.18. The fourth-order valence-corrected chi connectivity index (χ4v) is 2.04. The second kappa shape index (κ2) is 9.21. The normalized spacial score (nSPS) is 15.2. The Morgan fingerprint density at radius 3 is 1.67 bits per heavy atom. The lowest BCUT2D eigenvalue weighted by Gasteiger charge is -2.24. The van der Waals surface area contributed by atoms with Gasteiger partial charge in [0, 0.05) is 5.54 Å². The summed E-state index contributed by atoms with van der Waals surface area (Å²) in [6.45, 7) is 6.74. The SMILES string of the molecule is CCCCCCCC(C)(N)CCCCC.